The van der Waals surface area contributed by atoms with Crippen molar-refractivity contribution >= 4 is 0 Å². The van der Waals surface area contributed by atoms with E-state index in [1.165, 1.54) is 5.57 Å². The lowest BCUT2D eigenvalue weighted by Gasteiger charge is -2.40. The molecule has 1 rings (SSSR count). The summed E-state index contributed by atoms with van der Waals surface area (Å²) in [7, 11) is 0. The number of hydrogen-bond donors (Lipinski definition) is 2. The topological polar surface area (TPSA) is 44.7 Å². The Morgan fingerprint density at radius 1 is 1.41 bits per heavy atom. The molecule has 0 aromatic heterocycles. The van der Waals surface area contributed by atoms with E-state index in [0.717, 1.165) is 44.8 Å². The fourth-order valence-corrected chi connectivity index (χ4v) is 3.31. The van der Waals surface area contributed by atoms with Crippen molar-refractivity contribution < 1.29 is 9.84 Å². The molecule has 1 aliphatic heterocycles. The summed E-state index contributed by atoms with van der Waals surface area (Å²) >= 11 is 0. The van der Waals surface area contributed by atoms with E-state index in [4.69, 9.17) is 4.74 Å². The van der Waals surface area contributed by atoms with E-state index in [1.54, 1.807) is 6.20 Å². The molecule has 2 N–H and O–H groups in total. The lowest BCUT2D eigenvalue weighted by atomic mass is 9.73. The van der Waals surface area contributed by atoms with Crippen molar-refractivity contribution in [3.63, 3.8) is 0 Å². The Bertz CT molecular complexity index is 389. The van der Waals surface area contributed by atoms with Crippen LogP contribution in [0.2, 0.25) is 0 Å². The maximum atomic E-state index is 10.5. The molecule has 0 spiro atoms. The summed E-state index contributed by atoms with van der Waals surface area (Å²) in [5, 5.41) is 13.9. The van der Waals surface area contributed by atoms with Crippen molar-refractivity contribution in [2.75, 3.05) is 26.3 Å². The third-order valence-corrected chi connectivity index (χ3v) is 5.39. The maximum absolute atomic E-state index is 10.5. The molecule has 0 radical (unpaired) electrons. The Kier molecular flexibility index (Phi) is 7.60. The Labute approximate surface area is 136 Å². The van der Waals surface area contributed by atoms with E-state index in [0.29, 0.717) is 0 Å². The SMILES string of the molecule is C=CN/C(=C(/C)[C@@](C)(CC)C(O)CC)C(C)N1CCOCC1. The molecule has 22 heavy (non-hydrogen) atoms. The van der Waals surface area contributed by atoms with Gasteiger partial charge in [-0.1, -0.05) is 27.4 Å². The zero-order valence-electron chi connectivity index (χ0n) is 15.0. The average molecular weight is 310 g/mol. The molecule has 1 aliphatic rings. The van der Waals surface area contributed by atoms with Crippen molar-refractivity contribution in [1.82, 2.24) is 10.2 Å². The molecular weight excluding hydrogens is 276 g/mol. The molecule has 1 fully saturated rings. The second-order valence-corrected chi connectivity index (χ2v) is 6.41. The summed E-state index contributed by atoms with van der Waals surface area (Å²) in [6, 6.07) is 0.261. The monoisotopic (exact) mass is 310 g/mol. The third-order valence-electron chi connectivity index (χ3n) is 5.39. The zero-order chi connectivity index (χ0) is 16.8. The predicted octanol–water partition coefficient (Wildman–Crippen LogP) is 2.90. The normalized spacial score (nSPS) is 23.2. The summed E-state index contributed by atoms with van der Waals surface area (Å²) in [5.41, 5.74) is 2.16. The van der Waals surface area contributed by atoms with E-state index < -0.39 is 0 Å². The highest BCUT2D eigenvalue weighted by atomic mass is 16.5. The molecule has 1 saturated heterocycles. The quantitative estimate of drug-likeness (QED) is 0.723. The minimum atomic E-state index is -0.337. The van der Waals surface area contributed by atoms with Crippen molar-refractivity contribution in [1.29, 1.82) is 0 Å². The highest BCUT2D eigenvalue weighted by Gasteiger charge is 2.35. The van der Waals surface area contributed by atoms with Gasteiger partial charge in [0.05, 0.1) is 19.3 Å². The van der Waals surface area contributed by atoms with Gasteiger partial charge in [-0.3, -0.25) is 4.90 Å². The molecule has 0 bridgehead atoms. The molecule has 4 heteroatoms. The van der Waals surface area contributed by atoms with E-state index in [9.17, 15) is 5.11 Å². The number of aliphatic hydroxyl groups is 1. The van der Waals surface area contributed by atoms with Crippen LogP contribution in [0.25, 0.3) is 0 Å². The Balaban J connectivity index is 3.15. The zero-order valence-corrected chi connectivity index (χ0v) is 15.0. The van der Waals surface area contributed by atoms with Gasteiger partial charge in [0, 0.05) is 30.2 Å². The fourth-order valence-electron chi connectivity index (χ4n) is 3.31. The van der Waals surface area contributed by atoms with Crippen LogP contribution >= 0.6 is 0 Å². The van der Waals surface area contributed by atoms with Crippen LogP contribution in [0.3, 0.4) is 0 Å². The Morgan fingerprint density at radius 3 is 2.45 bits per heavy atom. The summed E-state index contributed by atoms with van der Waals surface area (Å²) < 4.78 is 5.46. The fraction of sp³-hybridized carbons (Fsp3) is 0.778. The highest BCUT2D eigenvalue weighted by molar-refractivity contribution is 5.25. The minimum absolute atomic E-state index is 0.222. The van der Waals surface area contributed by atoms with Crippen LogP contribution in [0.5, 0.6) is 0 Å². The second kappa shape index (κ2) is 8.70. The van der Waals surface area contributed by atoms with Gasteiger partial charge in [0.25, 0.3) is 0 Å². The Morgan fingerprint density at radius 2 is 2.00 bits per heavy atom. The number of hydrogen-bond acceptors (Lipinski definition) is 4. The first-order chi connectivity index (χ1) is 10.4. The number of ether oxygens (including phenoxy) is 1. The molecule has 0 aliphatic carbocycles. The summed E-state index contributed by atoms with van der Waals surface area (Å²) in [6.07, 6.45) is 3.07. The molecule has 2 unspecified atom stereocenters. The Hall–Kier alpha value is -0.840. The van der Waals surface area contributed by atoms with E-state index in [2.05, 4.69) is 44.5 Å². The summed E-state index contributed by atoms with van der Waals surface area (Å²) in [4.78, 5) is 2.42. The lowest BCUT2D eigenvalue weighted by molar-refractivity contribution is 0.0239. The van der Waals surface area contributed by atoms with Crippen molar-refractivity contribution in [2.45, 2.75) is 59.6 Å². The number of aliphatic hydroxyl groups excluding tert-OH is 1. The molecular formula is C18H34N2O2. The van der Waals surface area contributed by atoms with Crippen molar-refractivity contribution in [3.8, 4) is 0 Å². The van der Waals surface area contributed by atoms with Gasteiger partial charge in [0.15, 0.2) is 0 Å². The van der Waals surface area contributed by atoms with Crippen LogP contribution < -0.4 is 5.32 Å². The summed E-state index contributed by atoms with van der Waals surface area (Å²) in [5.74, 6) is 0. The van der Waals surface area contributed by atoms with E-state index >= 15 is 0 Å². The van der Waals surface area contributed by atoms with Crippen LogP contribution in [-0.4, -0.2) is 48.5 Å². The number of rotatable bonds is 8. The molecule has 1 heterocycles. The first kappa shape index (κ1) is 19.2. The van der Waals surface area contributed by atoms with E-state index in [-0.39, 0.29) is 17.6 Å². The van der Waals surface area contributed by atoms with Gasteiger partial charge in [-0.05, 0) is 38.5 Å². The molecule has 3 atom stereocenters. The number of morpholine rings is 1. The van der Waals surface area contributed by atoms with Gasteiger partial charge >= 0.3 is 0 Å². The van der Waals surface area contributed by atoms with Gasteiger partial charge in [0.1, 0.15) is 0 Å². The molecule has 0 aromatic rings. The smallest absolute Gasteiger partial charge is 0.0628 e. The average Bonchev–Trinajstić information content (AvgIpc) is 2.57. The second-order valence-electron chi connectivity index (χ2n) is 6.41. The van der Waals surface area contributed by atoms with Crippen LogP contribution in [0.4, 0.5) is 0 Å². The largest absolute Gasteiger partial charge is 0.392 e. The van der Waals surface area contributed by atoms with Gasteiger partial charge in [-0.2, -0.15) is 0 Å². The van der Waals surface area contributed by atoms with E-state index in [1.807, 2.05) is 6.92 Å². The number of nitrogens with one attached hydrogen (secondary N) is 1. The molecule has 0 amide bonds. The predicted molar refractivity (Wildman–Crippen MR) is 92.6 cm³/mol. The maximum Gasteiger partial charge on any atom is 0.0628 e. The van der Waals surface area contributed by atoms with Gasteiger partial charge in [0.2, 0.25) is 0 Å². The minimum Gasteiger partial charge on any atom is -0.392 e. The number of nitrogens with zero attached hydrogens (tertiary/aromatic N) is 1. The molecule has 0 saturated carbocycles. The first-order valence-corrected chi connectivity index (χ1v) is 8.50. The van der Waals surface area contributed by atoms with Gasteiger partial charge in [-0.15, -0.1) is 0 Å². The van der Waals surface area contributed by atoms with Crippen LogP contribution in [0.15, 0.2) is 24.0 Å². The van der Waals surface area contributed by atoms with Crippen molar-refractivity contribution in [2.24, 2.45) is 5.41 Å². The van der Waals surface area contributed by atoms with Crippen molar-refractivity contribution in [3.05, 3.63) is 24.0 Å². The lowest BCUT2D eigenvalue weighted by Crippen LogP contribution is -2.46. The van der Waals surface area contributed by atoms with Crippen LogP contribution in [0, 0.1) is 5.41 Å². The molecule has 4 nitrogen and oxygen atoms in total. The van der Waals surface area contributed by atoms with Gasteiger partial charge in [-0.25, -0.2) is 0 Å². The molecule has 128 valence electrons. The van der Waals surface area contributed by atoms with Crippen LogP contribution in [-0.2, 0) is 4.74 Å². The third kappa shape index (κ3) is 4.12. The first-order valence-electron chi connectivity index (χ1n) is 8.50. The highest BCUT2D eigenvalue weighted by Crippen LogP contribution is 2.38. The van der Waals surface area contributed by atoms with Gasteiger partial charge < -0.3 is 15.2 Å². The summed E-state index contributed by atoms with van der Waals surface area (Å²) in [6.45, 7) is 18.0. The van der Waals surface area contributed by atoms with Crippen LogP contribution in [0.1, 0.15) is 47.5 Å². The molecule has 0 aromatic carbocycles. The standard InChI is InChI=1S/C18H34N2O2/c1-7-16(21)18(6,8-2)14(4)17(19-9-3)15(5)20-10-12-22-13-11-20/h9,15-16,19,21H,3,7-8,10-13H2,1-2,4-6H3/b17-14-/t15?,16?,18-/m1/s1.